The number of rotatable bonds is 4. The van der Waals surface area contributed by atoms with Crippen LogP contribution in [0.1, 0.15) is 5.56 Å². The van der Waals surface area contributed by atoms with Gasteiger partial charge in [0, 0.05) is 10.6 Å². The van der Waals surface area contributed by atoms with Crippen molar-refractivity contribution in [3.63, 3.8) is 0 Å². The third kappa shape index (κ3) is 3.85. The molecule has 0 aliphatic rings. The van der Waals surface area contributed by atoms with Crippen LogP contribution in [0.5, 0.6) is 0 Å². The molecule has 0 saturated carbocycles. The maximum Gasteiger partial charge on any atom is 0.263 e. The number of nitrogens with one attached hydrogen (secondary N) is 1. The number of anilines is 1. The van der Waals surface area contributed by atoms with Crippen LogP contribution in [0.3, 0.4) is 0 Å². The molecule has 0 saturated heterocycles. The van der Waals surface area contributed by atoms with E-state index in [1.54, 1.807) is 24.3 Å². The van der Waals surface area contributed by atoms with Crippen LogP contribution < -0.4 is 10.5 Å². The Bertz CT molecular complexity index is 808. The first-order valence-electron chi connectivity index (χ1n) is 5.67. The lowest BCUT2D eigenvalue weighted by Crippen LogP contribution is -2.16. The smallest absolute Gasteiger partial charge is 0.263 e. The van der Waals surface area contributed by atoms with Gasteiger partial charge in [-0.2, -0.15) is 0 Å². The molecule has 0 atom stereocenters. The van der Waals surface area contributed by atoms with Crippen LogP contribution in [-0.2, 0) is 10.0 Å². The molecule has 0 heterocycles. The highest BCUT2D eigenvalue weighted by molar-refractivity contribution is 7.92. The molecule has 0 radical (unpaired) electrons. The molecule has 0 amide bonds. The highest BCUT2D eigenvalue weighted by Gasteiger charge is 2.19. The van der Waals surface area contributed by atoms with Gasteiger partial charge in [0.05, 0.1) is 10.7 Å². The third-order valence-corrected chi connectivity index (χ3v) is 4.92. The fourth-order valence-electron chi connectivity index (χ4n) is 1.62. The van der Waals surface area contributed by atoms with E-state index in [0.717, 1.165) is 0 Å². The van der Waals surface area contributed by atoms with Gasteiger partial charge in [-0.15, -0.1) is 0 Å². The van der Waals surface area contributed by atoms with Crippen molar-refractivity contribution in [2.24, 2.45) is 5.73 Å². The molecule has 2 rings (SSSR count). The molecule has 0 aliphatic carbocycles. The molecule has 0 fully saturated rings. The van der Waals surface area contributed by atoms with E-state index >= 15 is 0 Å². The number of nitrogens with two attached hydrogens (primary N) is 1. The standard InChI is InChI=1S/C13H10Cl2N2O2S2/c14-9-2-1-3-10(7-9)17-21(18,19)12-6-8(13(16)20)4-5-11(12)15/h1-7,17H,(H2,16,20). The largest absolute Gasteiger partial charge is 0.389 e. The quantitative estimate of drug-likeness (QED) is 0.819. The minimum atomic E-state index is -3.87. The zero-order valence-corrected chi connectivity index (χ0v) is 13.7. The molecule has 4 nitrogen and oxygen atoms in total. The average molecular weight is 361 g/mol. The van der Waals surface area contributed by atoms with Gasteiger partial charge < -0.3 is 5.73 Å². The van der Waals surface area contributed by atoms with Gasteiger partial charge in [-0.3, -0.25) is 4.72 Å². The minimum absolute atomic E-state index is 0.0736. The summed E-state index contributed by atoms with van der Waals surface area (Å²) in [4.78, 5) is -0.0136. The minimum Gasteiger partial charge on any atom is -0.389 e. The summed E-state index contributed by atoms with van der Waals surface area (Å²) < 4.78 is 27.2. The van der Waals surface area contributed by atoms with E-state index in [2.05, 4.69) is 4.72 Å². The van der Waals surface area contributed by atoms with Crippen molar-refractivity contribution in [2.75, 3.05) is 4.72 Å². The van der Waals surface area contributed by atoms with E-state index in [1.807, 2.05) is 0 Å². The Hall–Kier alpha value is -1.34. The number of halogens is 2. The molecule has 0 aliphatic heterocycles. The van der Waals surface area contributed by atoms with Crippen molar-refractivity contribution in [3.8, 4) is 0 Å². The first kappa shape index (κ1) is 16.0. The molecule has 0 spiro atoms. The Morgan fingerprint density at radius 3 is 2.48 bits per heavy atom. The summed E-state index contributed by atoms with van der Waals surface area (Å²) in [5, 5.41) is 0.489. The van der Waals surface area contributed by atoms with Crippen molar-refractivity contribution >= 4 is 56.1 Å². The maximum absolute atomic E-state index is 12.4. The van der Waals surface area contributed by atoms with E-state index in [-0.39, 0.29) is 14.9 Å². The number of hydrogen-bond donors (Lipinski definition) is 2. The fourth-order valence-corrected chi connectivity index (χ4v) is 3.52. The number of benzene rings is 2. The highest BCUT2D eigenvalue weighted by atomic mass is 35.5. The predicted molar refractivity (Wildman–Crippen MR) is 89.6 cm³/mol. The summed E-state index contributed by atoms with van der Waals surface area (Å²) in [7, 11) is -3.87. The number of sulfonamides is 1. The fraction of sp³-hybridized carbons (Fsp3) is 0. The van der Waals surface area contributed by atoms with E-state index in [4.69, 9.17) is 41.2 Å². The van der Waals surface area contributed by atoms with Crippen LogP contribution in [0.2, 0.25) is 10.0 Å². The summed E-state index contributed by atoms with van der Waals surface area (Å²) >= 11 is 16.6. The van der Waals surface area contributed by atoms with Crippen molar-refractivity contribution < 1.29 is 8.42 Å². The third-order valence-electron chi connectivity index (χ3n) is 2.58. The van der Waals surface area contributed by atoms with E-state index in [9.17, 15) is 8.42 Å². The SMILES string of the molecule is NC(=S)c1ccc(Cl)c(S(=O)(=O)Nc2cccc(Cl)c2)c1. The second-order valence-electron chi connectivity index (χ2n) is 4.13. The zero-order chi connectivity index (χ0) is 15.6. The van der Waals surface area contributed by atoms with E-state index in [0.29, 0.717) is 16.3 Å². The summed E-state index contributed by atoms with van der Waals surface area (Å²) in [5.74, 6) is 0. The molecule has 8 heteroatoms. The Morgan fingerprint density at radius 1 is 1.14 bits per heavy atom. The Labute approximate surface area is 137 Å². The summed E-state index contributed by atoms with van der Waals surface area (Å²) in [6.45, 7) is 0. The lowest BCUT2D eigenvalue weighted by Gasteiger charge is -2.11. The second-order valence-corrected chi connectivity index (χ2v) is 7.06. The number of hydrogen-bond acceptors (Lipinski definition) is 3. The van der Waals surface area contributed by atoms with Gasteiger partial charge in [0.25, 0.3) is 10.0 Å². The lowest BCUT2D eigenvalue weighted by atomic mass is 10.2. The predicted octanol–water partition coefficient (Wildman–Crippen LogP) is 3.43. The van der Waals surface area contributed by atoms with Crippen LogP contribution >= 0.6 is 35.4 Å². The normalized spacial score (nSPS) is 11.1. The Morgan fingerprint density at radius 2 is 1.86 bits per heavy atom. The second kappa shape index (κ2) is 6.19. The molecule has 2 aromatic rings. The van der Waals surface area contributed by atoms with Crippen molar-refractivity contribution in [1.82, 2.24) is 0 Å². The van der Waals surface area contributed by atoms with E-state index < -0.39 is 10.0 Å². The molecule has 0 aromatic heterocycles. The molecule has 2 aromatic carbocycles. The van der Waals surface area contributed by atoms with Gasteiger partial charge in [-0.05, 0) is 30.3 Å². The summed E-state index contributed by atoms with van der Waals surface area (Å²) in [6, 6.07) is 10.7. The zero-order valence-electron chi connectivity index (χ0n) is 10.5. The van der Waals surface area contributed by atoms with Crippen molar-refractivity contribution in [2.45, 2.75) is 4.90 Å². The van der Waals surface area contributed by atoms with Crippen LogP contribution in [0, 0.1) is 0 Å². The van der Waals surface area contributed by atoms with Crippen LogP contribution in [-0.4, -0.2) is 13.4 Å². The van der Waals surface area contributed by atoms with Crippen LogP contribution in [0.15, 0.2) is 47.4 Å². The van der Waals surface area contributed by atoms with Gasteiger partial charge in [0.1, 0.15) is 9.88 Å². The first-order valence-corrected chi connectivity index (χ1v) is 8.32. The van der Waals surface area contributed by atoms with Crippen LogP contribution in [0.4, 0.5) is 5.69 Å². The van der Waals surface area contributed by atoms with E-state index in [1.165, 1.54) is 18.2 Å². The molecular weight excluding hydrogens is 351 g/mol. The topological polar surface area (TPSA) is 72.2 Å². The van der Waals surface area contributed by atoms with Gasteiger partial charge >= 0.3 is 0 Å². The average Bonchev–Trinajstić information content (AvgIpc) is 2.38. The van der Waals surface area contributed by atoms with Gasteiger partial charge in [-0.1, -0.05) is 47.6 Å². The summed E-state index contributed by atoms with van der Waals surface area (Å²) in [5.41, 5.74) is 6.25. The Balaban J connectivity index is 2.44. The van der Waals surface area contributed by atoms with Gasteiger partial charge in [-0.25, -0.2) is 8.42 Å². The highest BCUT2D eigenvalue weighted by Crippen LogP contribution is 2.26. The molecule has 0 bridgehead atoms. The van der Waals surface area contributed by atoms with Gasteiger partial charge in [0.2, 0.25) is 0 Å². The Kier molecular flexibility index (Phi) is 4.73. The lowest BCUT2D eigenvalue weighted by molar-refractivity contribution is 0.601. The molecular formula is C13H10Cl2N2O2S2. The van der Waals surface area contributed by atoms with Crippen molar-refractivity contribution in [3.05, 3.63) is 58.1 Å². The van der Waals surface area contributed by atoms with Crippen LogP contribution in [0.25, 0.3) is 0 Å². The summed E-state index contributed by atoms with van der Waals surface area (Å²) in [6.07, 6.45) is 0. The monoisotopic (exact) mass is 360 g/mol. The van der Waals surface area contributed by atoms with Gasteiger partial charge in [0.15, 0.2) is 0 Å². The molecule has 21 heavy (non-hydrogen) atoms. The molecule has 3 N–H and O–H groups in total. The number of thiocarbonyl (C=S) groups is 1. The maximum atomic E-state index is 12.4. The molecule has 0 unspecified atom stereocenters. The molecule has 110 valence electrons. The van der Waals surface area contributed by atoms with Crippen molar-refractivity contribution in [1.29, 1.82) is 0 Å². The first-order chi connectivity index (χ1) is 9.79.